The van der Waals surface area contributed by atoms with Crippen LogP contribution in [-0.4, -0.2) is 34.9 Å². The fourth-order valence-electron chi connectivity index (χ4n) is 3.09. The van der Waals surface area contributed by atoms with Gasteiger partial charge in [0.25, 0.3) is 5.91 Å². The van der Waals surface area contributed by atoms with Crippen LogP contribution in [0.2, 0.25) is 0 Å². The van der Waals surface area contributed by atoms with Crippen molar-refractivity contribution >= 4 is 40.5 Å². The first kappa shape index (κ1) is 19.8. The molecule has 0 bridgehead atoms. The van der Waals surface area contributed by atoms with E-state index in [1.54, 1.807) is 66.7 Å². The smallest absolute Gasteiger partial charge is 0.413 e. The molecule has 31 heavy (non-hydrogen) atoms. The summed E-state index contributed by atoms with van der Waals surface area (Å²) in [6.07, 6.45) is -0.654. The number of ketones is 1. The van der Waals surface area contributed by atoms with Crippen LogP contribution in [0.5, 0.6) is 0 Å². The molecule has 0 spiro atoms. The van der Waals surface area contributed by atoms with Gasteiger partial charge < -0.3 is 15.0 Å². The summed E-state index contributed by atoms with van der Waals surface area (Å²) < 4.78 is 4.55. The van der Waals surface area contributed by atoms with E-state index in [1.165, 1.54) is 7.11 Å². The highest BCUT2D eigenvalue weighted by atomic mass is 16.5. The molecule has 0 fully saturated rings. The van der Waals surface area contributed by atoms with Crippen molar-refractivity contribution in [3.8, 4) is 0 Å². The number of hydrogen-bond donors (Lipinski definition) is 3. The number of ether oxygens (including phenoxy) is 1. The lowest BCUT2D eigenvalue weighted by Gasteiger charge is -2.10. The molecule has 154 valence electrons. The molecule has 4 rings (SSSR count). The number of anilines is 2. The number of methoxy groups -OCH3 is 1. The third-order valence-electron chi connectivity index (χ3n) is 4.61. The summed E-state index contributed by atoms with van der Waals surface area (Å²) >= 11 is 0. The maximum atomic E-state index is 13.2. The number of aromatic amines is 1. The molecule has 3 N–H and O–H groups in total. The lowest BCUT2D eigenvalue weighted by Crippen LogP contribution is -2.15. The number of H-pyrrole nitrogens is 1. The summed E-state index contributed by atoms with van der Waals surface area (Å²) in [6.45, 7) is 0. The lowest BCUT2D eigenvalue weighted by molar-refractivity contribution is 0.102. The van der Waals surface area contributed by atoms with Crippen LogP contribution >= 0.6 is 0 Å². The molecular formula is C23H18N4O4. The summed E-state index contributed by atoms with van der Waals surface area (Å²) in [5.41, 5.74) is 2.82. The van der Waals surface area contributed by atoms with Gasteiger partial charge >= 0.3 is 6.09 Å². The highest BCUT2D eigenvalue weighted by Crippen LogP contribution is 2.23. The maximum absolute atomic E-state index is 13.2. The van der Waals surface area contributed by atoms with Gasteiger partial charge in [-0.05, 0) is 42.5 Å². The van der Waals surface area contributed by atoms with E-state index in [9.17, 15) is 14.4 Å². The number of hydrogen-bond acceptors (Lipinski definition) is 5. The van der Waals surface area contributed by atoms with Gasteiger partial charge in [0, 0.05) is 16.7 Å². The number of nitrogens with zero attached hydrogens (tertiary/aromatic N) is 1. The Labute approximate surface area is 177 Å². The Kier molecular flexibility index (Phi) is 5.44. The number of rotatable bonds is 5. The number of benzene rings is 3. The number of nitrogens with one attached hydrogen (secondary N) is 3. The van der Waals surface area contributed by atoms with Crippen molar-refractivity contribution in [3.63, 3.8) is 0 Å². The fraction of sp³-hybridized carbons (Fsp3) is 0.0435. The van der Waals surface area contributed by atoms with Crippen LogP contribution < -0.4 is 10.6 Å². The average Bonchev–Trinajstić information content (AvgIpc) is 3.20. The monoisotopic (exact) mass is 414 g/mol. The van der Waals surface area contributed by atoms with Gasteiger partial charge in [0.2, 0.25) is 5.95 Å². The van der Waals surface area contributed by atoms with Crippen molar-refractivity contribution in [3.05, 3.63) is 89.5 Å². The number of amides is 2. The normalized spacial score (nSPS) is 10.5. The first-order valence-corrected chi connectivity index (χ1v) is 9.40. The summed E-state index contributed by atoms with van der Waals surface area (Å²) in [6, 6.07) is 20.6. The third kappa shape index (κ3) is 4.27. The number of aromatic nitrogens is 2. The molecule has 3 aromatic carbocycles. The molecular weight excluding hydrogens is 396 g/mol. The SMILES string of the molecule is COC(=O)Nc1nc2ccc(C(=O)c3ccccc3NC(=O)c3ccccc3)cc2[nH]1. The second-order valence-corrected chi connectivity index (χ2v) is 6.63. The Hall–Kier alpha value is -4.46. The van der Waals surface area contributed by atoms with Crippen LogP contribution in [0.1, 0.15) is 26.3 Å². The number of fused-ring (bicyclic) bond motifs is 1. The molecule has 1 aromatic heterocycles. The molecule has 0 aliphatic heterocycles. The molecule has 8 heteroatoms. The van der Waals surface area contributed by atoms with E-state index >= 15 is 0 Å². The first-order valence-electron chi connectivity index (χ1n) is 9.40. The summed E-state index contributed by atoms with van der Waals surface area (Å²) in [4.78, 5) is 44.2. The fourth-order valence-corrected chi connectivity index (χ4v) is 3.09. The molecule has 0 atom stereocenters. The van der Waals surface area contributed by atoms with Crippen LogP contribution in [0.3, 0.4) is 0 Å². The number of para-hydroxylation sites is 1. The Bertz CT molecular complexity index is 1280. The van der Waals surface area contributed by atoms with Crippen LogP contribution in [0.25, 0.3) is 11.0 Å². The van der Waals surface area contributed by atoms with Gasteiger partial charge in [-0.2, -0.15) is 0 Å². The molecule has 0 aliphatic carbocycles. The van der Waals surface area contributed by atoms with E-state index in [1.807, 2.05) is 6.07 Å². The zero-order chi connectivity index (χ0) is 21.8. The van der Waals surface area contributed by atoms with Crippen molar-refractivity contribution in [1.29, 1.82) is 0 Å². The van der Waals surface area contributed by atoms with Crippen molar-refractivity contribution in [1.82, 2.24) is 9.97 Å². The molecule has 0 unspecified atom stereocenters. The zero-order valence-corrected chi connectivity index (χ0v) is 16.5. The quantitative estimate of drug-likeness (QED) is 0.423. The Balaban J connectivity index is 1.61. The zero-order valence-electron chi connectivity index (χ0n) is 16.5. The average molecular weight is 414 g/mol. The van der Waals surface area contributed by atoms with Crippen molar-refractivity contribution in [2.75, 3.05) is 17.7 Å². The van der Waals surface area contributed by atoms with Gasteiger partial charge in [0.1, 0.15) is 0 Å². The second-order valence-electron chi connectivity index (χ2n) is 6.63. The van der Waals surface area contributed by atoms with E-state index < -0.39 is 6.09 Å². The topological polar surface area (TPSA) is 113 Å². The highest BCUT2D eigenvalue weighted by Gasteiger charge is 2.17. The minimum atomic E-state index is -0.654. The first-order chi connectivity index (χ1) is 15.0. The highest BCUT2D eigenvalue weighted by molar-refractivity contribution is 6.16. The maximum Gasteiger partial charge on any atom is 0.413 e. The van der Waals surface area contributed by atoms with Crippen molar-refractivity contribution in [2.45, 2.75) is 0 Å². The van der Waals surface area contributed by atoms with Crippen LogP contribution in [0, 0.1) is 0 Å². The van der Waals surface area contributed by atoms with E-state index in [0.717, 1.165) is 0 Å². The predicted molar refractivity (Wildman–Crippen MR) is 116 cm³/mol. The standard InChI is InChI=1S/C23H18N4O4/c1-31-23(30)27-22-25-18-12-11-15(13-19(18)26-22)20(28)16-9-5-6-10-17(16)24-21(29)14-7-3-2-4-8-14/h2-13H,1H3,(H,24,29)(H2,25,26,27,30). The van der Waals surface area contributed by atoms with Gasteiger partial charge in [0.15, 0.2) is 5.78 Å². The number of imidazole rings is 1. The molecule has 4 aromatic rings. The molecule has 8 nitrogen and oxygen atoms in total. The van der Waals surface area contributed by atoms with Crippen molar-refractivity contribution in [2.24, 2.45) is 0 Å². The summed E-state index contributed by atoms with van der Waals surface area (Å²) in [5.74, 6) is -0.353. The van der Waals surface area contributed by atoms with E-state index in [-0.39, 0.29) is 17.6 Å². The van der Waals surface area contributed by atoms with Crippen molar-refractivity contribution < 1.29 is 19.1 Å². The van der Waals surface area contributed by atoms with Crippen LogP contribution in [0.4, 0.5) is 16.4 Å². The molecule has 0 radical (unpaired) electrons. The molecule has 2 amide bonds. The largest absolute Gasteiger partial charge is 0.453 e. The van der Waals surface area contributed by atoms with Crippen LogP contribution in [-0.2, 0) is 4.74 Å². The molecule has 0 aliphatic rings. The third-order valence-corrected chi connectivity index (χ3v) is 4.61. The van der Waals surface area contributed by atoms with Gasteiger partial charge in [-0.15, -0.1) is 0 Å². The van der Waals surface area contributed by atoms with Gasteiger partial charge in [-0.25, -0.2) is 9.78 Å². The van der Waals surface area contributed by atoms with Gasteiger partial charge in [-0.3, -0.25) is 14.9 Å². The minimum absolute atomic E-state index is 0.210. The number of carbonyl (C=O) groups is 3. The summed E-state index contributed by atoms with van der Waals surface area (Å²) in [5, 5.41) is 5.25. The summed E-state index contributed by atoms with van der Waals surface area (Å²) in [7, 11) is 1.25. The molecule has 0 saturated carbocycles. The minimum Gasteiger partial charge on any atom is -0.453 e. The lowest BCUT2D eigenvalue weighted by atomic mass is 10.0. The van der Waals surface area contributed by atoms with Gasteiger partial charge in [0.05, 0.1) is 23.8 Å². The Morgan fingerprint density at radius 3 is 2.39 bits per heavy atom. The Morgan fingerprint density at radius 1 is 0.871 bits per heavy atom. The molecule has 1 heterocycles. The Morgan fingerprint density at radius 2 is 1.61 bits per heavy atom. The van der Waals surface area contributed by atoms with Crippen LogP contribution in [0.15, 0.2) is 72.8 Å². The van der Waals surface area contributed by atoms with E-state index in [2.05, 4.69) is 25.3 Å². The molecule has 0 saturated heterocycles. The van der Waals surface area contributed by atoms with Gasteiger partial charge in [-0.1, -0.05) is 30.3 Å². The number of carbonyl (C=O) groups excluding carboxylic acids is 3. The van der Waals surface area contributed by atoms with E-state index in [4.69, 9.17) is 0 Å². The van der Waals surface area contributed by atoms with E-state index in [0.29, 0.717) is 33.4 Å². The predicted octanol–water partition coefficient (Wildman–Crippen LogP) is 4.22. The second kappa shape index (κ2) is 8.50.